The van der Waals surface area contributed by atoms with Gasteiger partial charge in [0.25, 0.3) is 5.78 Å². The molecular weight excluding hydrogens is 460 g/mol. The quantitative estimate of drug-likeness (QED) is 0.171. The number of aliphatic hydroxyl groups excluding tert-OH is 1. The molecule has 2 heterocycles. The average molecular weight is 491 g/mol. The predicted octanol–water partition coefficient (Wildman–Crippen LogP) is 5.58. The number of ketones is 1. The molecule has 1 aliphatic rings. The molecule has 36 heavy (non-hydrogen) atoms. The molecule has 1 unspecified atom stereocenters. The number of aliphatic hydroxyl groups is 1. The van der Waals surface area contributed by atoms with Gasteiger partial charge in [0.2, 0.25) is 0 Å². The number of nitrogens with zero attached hydrogens (tertiary/aromatic N) is 2. The molecule has 0 radical (unpaired) electrons. The molecule has 1 aliphatic heterocycles. The first-order valence-electron chi connectivity index (χ1n) is 12.1. The van der Waals surface area contributed by atoms with Crippen molar-refractivity contribution in [3.05, 3.63) is 77.1 Å². The molecule has 0 spiro atoms. The third-order valence-corrected chi connectivity index (χ3v) is 5.87. The Labute approximate surface area is 210 Å². The van der Waals surface area contributed by atoms with E-state index in [-0.39, 0.29) is 17.2 Å². The lowest BCUT2D eigenvalue weighted by Gasteiger charge is -2.23. The van der Waals surface area contributed by atoms with Gasteiger partial charge >= 0.3 is 5.91 Å². The second-order valence-electron chi connectivity index (χ2n) is 8.61. The maximum atomic E-state index is 13.2. The highest BCUT2D eigenvalue weighted by Gasteiger charge is 2.48. The topological polar surface area (TPSA) is 102 Å². The Kier molecular flexibility index (Phi) is 7.73. The zero-order chi connectivity index (χ0) is 25.7. The minimum Gasteiger partial charge on any atom is -0.507 e. The Bertz CT molecular complexity index is 1240. The second-order valence-corrected chi connectivity index (χ2v) is 8.61. The number of rotatable bonds is 10. The smallest absolute Gasteiger partial charge is 0.301 e. The monoisotopic (exact) mass is 490 g/mol. The van der Waals surface area contributed by atoms with Crippen LogP contribution < -0.4 is 14.4 Å². The minimum absolute atomic E-state index is 0.0254. The third kappa shape index (κ3) is 5.12. The van der Waals surface area contributed by atoms with Gasteiger partial charge < -0.3 is 19.1 Å². The van der Waals surface area contributed by atoms with Crippen LogP contribution in [0.1, 0.15) is 56.0 Å². The van der Waals surface area contributed by atoms with Crippen molar-refractivity contribution in [1.82, 2.24) is 5.16 Å². The van der Waals surface area contributed by atoms with Crippen LogP contribution in [0.3, 0.4) is 0 Å². The van der Waals surface area contributed by atoms with E-state index < -0.39 is 17.7 Å². The molecule has 4 rings (SSSR count). The number of hydrogen-bond acceptors (Lipinski definition) is 7. The minimum atomic E-state index is -0.893. The van der Waals surface area contributed by atoms with Gasteiger partial charge in [-0.05, 0) is 61.7 Å². The summed E-state index contributed by atoms with van der Waals surface area (Å²) in [7, 11) is 0. The van der Waals surface area contributed by atoms with Crippen molar-refractivity contribution in [3.63, 3.8) is 0 Å². The Balaban J connectivity index is 1.76. The summed E-state index contributed by atoms with van der Waals surface area (Å²) < 4.78 is 16.5. The summed E-state index contributed by atoms with van der Waals surface area (Å²) in [6.45, 7) is 6.98. The Morgan fingerprint density at radius 3 is 2.19 bits per heavy atom. The molecule has 0 aliphatic carbocycles. The van der Waals surface area contributed by atoms with Crippen LogP contribution in [0, 0.1) is 6.92 Å². The lowest BCUT2D eigenvalue weighted by atomic mass is 9.95. The Morgan fingerprint density at radius 2 is 1.61 bits per heavy atom. The van der Waals surface area contributed by atoms with E-state index in [0.717, 1.165) is 19.3 Å². The van der Waals surface area contributed by atoms with E-state index in [1.807, 2.05) is 6.92 Å². The summed E-state index contributed by atoms with van der Waals surface area (Å²) in [4.78, 5) is 27.7. The molecule has 1 saturated heterocycles. The van der Waals surface area contributed by atoms with Crippen LogP contribution in [0.5, 0.6) is 11.5 Å². The number of benzene rings is 2. The van der Waals surface area contributed by atoms with Crippen molar-refractivity contribution in [2.24, 2.45) is 0 Å². The van der Waals surface area contributed by atoms with Crippen molar-refractivity contribution in [3.8, 4) is 11.5 Å². The maximum Gasteiger partial charge on any atom is 0.301 e. The van der Waals surface area contributed by atoms with Gasteiger partial charge in [0.05, 0.1) is 24.8 Å². The normalized spacial score (nSPS) is 17.0. The van der Waals surface area contributed by atoms with Crippen molar-refractivity contribution >= 4 is 23.3 Å². The van der Waals surface area contributed by atoms with Crippen molar-refractivity contribution in [2.45, 2.75) is 46.1 Å². The number of carbonyl (C=O) groups excluding carboxylic acids is 2. The summed E-state index contributed by atoms with van der Waals surface area (Å²) in [5, 5.41) is 15.2. The van der Waals surface area contributed by atoms with Gasteiger partial charge in [0, 0.05) is 11.6 Å². The van der Waals surface area contributed by atoms with Crippen LogP contribution in [-0.2, 0) is 9.59 Å². The molecule has 2 aromatic carbocycles. The van der Waals surface area contributed by atoms with Gasteiger partial charge in [0.15, 0.2) is 5.82 Å². The van der Waals surface area contributed by atoms with Gasteiger partial charge in [-0.15, -0.1) is 0 Å². The standard InChI is InChI=1S/C28H30N2O6/c1-4-6-16-35-22-11-7-19(8-12-22)25-24(26(31)20-9-13-21(14-10-20)34-15-5-2)27(32)28(33)30(25)23-17-18(3)36-29-23/h7-14,17,25,31H,4-6,15-16H2,1-3H3. The van der Waals surface area contributed by atoms with Crippen LogP contribution in [0.15, 0.2) is 64.7 Å². The van der Waals surface area contributed by atoms with Crippen molar-refractivity contribution < 1.29 is 28.7 Å². The zero-order valence-electron chi connectivity index (χ0n) is 20.7. The SMILES string of the molecule is CCCCOc1ccc(C2C(=C(O)c3ccc(OCCC)cc3)C(=O)C(=O)N2c2cc(C)on2)cc1. The summed E-state index contributed by atoms with van der Waals surface area (Å²) >= 11 is 0. The van der Waals surface area contributed by atoms with Gasteiger partial charge in [-0.2, -0.15) is 0 Å². The highest BCUT2D eigenvalue weighted by Crippen LogP contribution is 2.42. The first-order valence-corrected chi connectivity index (χ1v) is 12.1. The molecule has 8 heteroatoms. The number of anilines is 1. The highest BCUT2D eigenvalue weighted by atomic mass is 16.5. The number of unbranched alkanes of at least 4 members (excludes halogenated alkanes) is 1. The van der Waals surface area contributed by atoms with Crippen molar-refractivity contribution in [1.29, 1.82) is 0 Å². The van der Waals surface area contributed by atoms with E-state index in [2.05, 4.69) is 12.1 Å². The van der Waals surface area contributed by atoms with Gasteiger partial charge in [-0.1, -0.05) is 37.6 Å². The Hall–Kier alpha value is -4.07. The van der Waals surface area contributed by atoms with Crippen LogP contribution in [0.4, 0.5) is 5.82 Å². The molecule has 1 aromatic heterocycles. The summed E-state index contributed by atoms with van der Waals surface area (Å²) in [5.41, 5.74) is 1.00. The molecule has 188 valence electrons. The lowest BCUT2D eigenvalue weighted by Crippen LogP contribution is -2.29. The molecule has 0 saturated carbocycles. The molecule has 1 N–H and O–H groups in total. The van der Waals surface area contributed by atoms with Crippen molar-refractivity contribution in [2.75, 3.05) is 18.1 Å². The number of carbonyl (C=O) groups is 2. The van der Waals surface area contributed by atoms with E-state index in [4.69, 9.17) is 14.0 Å². The first-order chi connectivity index (χ1) is 17.4. The second kappa shape index (κ2) is 11.1. The maximum absolute atomic E-state index is 13.2. The fourth-order valence-electron chi connectivity index (χ4n) is 4.02. The van der Waals surface area contributed by atoms with Crippen LogP contribution >= 0.6 is 0 Å². The molecule has 1 fully saturated rings. The van der Waals surface area contributed by atoms with Crippen LogP contribution in [-0.4, -0.2) is 35.2 Å². The van der Waals surface area contributed by atoms with Gasteiger partial charge in [0.1, 0.15) is 23.0 Å². The van der Waals surface area contributed by atoms with E-state index in [1.54, 1.807) is 61.5 Å². The molecule has 3 aromatic rings. The molecular formula is C28H30N2O6. The number of amides is 1. The molecule has 0 bridgehead atoms. The van der Waals surface area contributed by atoms with E-state index in [9.17, 15) is 14.7 Å². The Morgan fingerprint density at radius 1 is 0.972 bits per heavy atom. The fraction of sp³-hybridized carbons (Fsp3) is 0.321. The number of Topliss-reactive ketones (excluding diaryl/α,β-unsaturated/α-hetero) is 1. The van der Waals surface area contributed by atoms with Crippen LogP contribution in [0.2, 0.25) is 0 Å². The number of aryl methyl sites for hydroxylation is 1. The van der Waals surface area contributed by atoms with E-state index in [1.165, 1.54) is 4.90 Å². The number of aromatic nitrogens is 1. The van der Waals surface area contributed by atoms with Gasteiger partial charge in [-0.3, -0.25) is 14.5 Å². The summed E-state index contributed by atoms with van der Waals surface area (Å²) in [6.07, 6.45) is 2.83. The summed E-state index contributed by atoms with van der Waals surface area (Å²) in [6, 6.07) is 14.6. The molecule has 8 nitrogen and oxygen atoms in total. The summed E-state index contributed by atoms with van der Waals surface area (Å²) in [5.74, 6) is 0.171. The van der Waals surface area contributed by atoms with Gasteiger partial charge in [-0.25, -0.2) is 0 Å². The average Bonchev–Trinajstić information content (AvgIpc) is 3.43. The molecule has 1 amide bonds. The van der Waals surface area contributed by atoms with E-state index >= 15 is 0 Å². The van der Waals surface area contributed by atoms with Crippen LogP contribution in [0.25, 0.3) is 5.76 Å². The number of ether oxygens (including phenoxy) is 2. The van der Waals surface area contributed by atoms with E-state index in [0.29, 0.717) is 41.6 Å². The zero-order valence-corrected chi connectivity index (χ0v) is 20.7. The first kappa shape index (κ1) is 25.0. The predicted molar refractivity (Wildman–Crippen MR) is 135 cm³/mol. The third-order valence-electron chi connectivity index (χ3n) is 5.87. The molecule has 1 atom stereocenters. The lowest BCUT2D eigenvalue weighted by molar-refractivity contribution is -0.132. The highest BCUT2D eigenvalue weighted by molar-refractivity contribution is 6.51. The number of hydrogen-bond donors (Lipinski definition) is 1. The fourth-order valence-corrected chi connectivity index (χ4v) is 4.02. The largest absolute Gasteiger partial charge is 0.507 e.